The first-order chi connectivity index (χ1) is 50.7. The van der Waals surface area contributed by atoms with Crippen molar-refractivity contribution in [1.82, 2.24) is 0 Å². The number of aliphatic hydroxyl groups is 1. The molecule has 0 aliphatic rings. The SMILES string of the molecule is CCCCC/C=C\C/C=C\C/C=C\CCCCCCCCC(=O)OCC(COP(=O)(O)OCC(O)COP(=O)(O)OCC(COC(=O)CCCCCCC/C=C\CCCCCCCC)OC(=O)CCCCCCC/C=C\CCCCCCCC)OC(=O)CCCCCCC/C=C\CCCCCCCC. The van der Waals surface area contributed by atoms with Crippen LogP contribution < -0.4 is 0 Å². The van der Waals surface area contributed by atoms with Gasteiger partial charge in [0.2, 0.25) is 0 Å². The summed E-state index contributed by atoms with van der Waals surface area (Å²) >= 11 is 0. The van der Waals surface area contributed by atoms with Crippen LogP contribution in [0.4, 0.5) is 0 Å². The van der Waals surface area contributed by atoms with Crippen molar-refractivity contribution in [3.63, 3.8) is 0 Å². The Kier molecular flexibility index (Phi) is 75.0. The molecule has 0 aromatic carbocycles. The van der Waals surface area contributed by atoms with E-state index in [1.54, 1.807) is 0 Å². The van der Waals surface area contributed by atoms with Crippen molar-refractivity contribution < 1.29 is 80.2 Å². The molecule has 0 amide bonds. The molecule has 19 heteroatoms. The van der Waals surface area contributed by atoms with Crippen LogP contribution in [0.1, 0.15) is 387 Å². The Balaban J connectivity index is 5.36. The zero-order chi connectivity index (χ0) is 76.0. The molecule has 606 valence electrons. The molecular formula is C85H154O17P2. The summed E-state index contributed by atoms with van der Waals surface area (Å²) in [6.07, 6.45) is 80.0. The highest BCUT2D eigenvalue weighted by atomic mass is 31.2. The third-order valence-corrected chi connectivity index (χ3v) is 20.0. The van der Waals surface area contributed by atoms with Gasteiger partial charge in [-0.2, -0.15) is 0 Å². The summed E-state index contributed by atoms with van der Waals surface area (Å²) in [6.45, 7) is 4.87. The van der Waals surface area contributed by atoms with Gasteiger partial charge in [0.15, 0.2) is 12.2 Å². The minimum atomic E-state index is -4.98. The van der Waals surface area contributed by atoms with Gasteiger partial charge in [-0.25, -0.2) is 9.13 Å². The van der Waals surface area contributed by atoms with Gasteiger partial charge in [-0.1, -0.05) is 293 Å². The van der Waals surface area contributed by atoms with E-state index in [1.807, 2.05) is 0 Å². The van der Waals surface area contributed by atoms with Crippen LogP contribution in [0.15, 0.2) is 72.9 Å². The van der Waals surface area contributed by atoms with Gasteiger partial charge in [0.05, 0.1) is 26.4 Å². The lowest BCUT2D eigenvalue weighted by atomic mass is 10.1. The third kappa shape index (κ3) is 76.7. The van der Waals surface area contributed by atoms with Crippen LogP contribution in [0.2, 0.25) is 0 Å². The van der Waals surface area contributed by atoms with Gasteiger partial charge in [-0.15, -0.1) is 0 Å². The van der Waals surface area contributed by atoms with E-state index in [0.717, 1.165) is 173 Å². The number of carbonyl (C=O) groups excluding carboxylic acids is 4. The molecule has 104 heavy (non-hydrogen) atoms. The van der Waals surface area contributed by atoms with E-state index >= 15 is 0 Å². The minimum absolute atomic E-state index is 0.0845. The zero-order valence-corrected chi connectivity index (χ0v) is 68.2. The number of carbonyl (C=O) groups is 4. The first-order valence-corrected chi connectivity index (χ1v) is 45.2. The van der Waals surface area contributed by atoms with E-state index in [0.29, 0.717) is 25.7 Å². The number of hydrogen-bond donors (Lipinski definition) is 3. The maximum atomic E-state index is 13.1. The Labute approximate surface area is 634 Å². The molecule has 0 saturated heterocycles. The summed E-state index contributed by atoms with van der Waals surface area (Å²) in [5.41, 5.74) is 0. The number of ether oxygens (including phenoxy) is 4. The number of esters is 4. The second-order valence-electron chi connectivity index (χ2n) is 28.4. The predicted molar refractivity (Wildman–Crippen MR) is 427 cm³/mol. The molecule has 0 aromatic rings. The smallest absolute Gasteiger partial charge is 0.462 e. The lowest BCUT2D eigenvalue weighted by Gasteiger charge is -2.21. The van der Waals surface area contributed by atoms with Gasteiger partial charge in [0.1, 0.15) is 19.3 Å². The summed E-state index contributed by atoms with van der Waals surface area (Å²) in [4.78, 5) is 73.1. The first-order valence-electron chi connectivity index (χ1n) is 42.2. The maximum Gasteiger partial charge on any atom is 0.472 e. The average molecular weight is 1510 g/mol. The number of unbranched alkanes of at least 4 members (excludes halogenated alkanes) is 42. The molecular weight excluding hydrogens is 1350 g/mol. The summed E-state index contributed by atoms with van der Waals surface area (Å²) in [6, 6.07) is 0. The molecule has 0 heterocycles. The van der Waals surface area contributed by atoms with Crippen molar-refractivity contribution in [2.24, 2.45) is 0 Å². The van der Waals surface area contributed by atoms with Crippen molar-refractivity contribution in [3.8, 4) is 0 Å². The predicted octanol–water partition coefficient (Wildman–Crippen LogP) is 24.8. The van der Waals surface area contributed by atoms with Gasteiger partial charge < -0.3 is 33.8 Å². The summed E-state index contributed by atoms with van der Waals surface area (Å²) < 4.78 is 68.7. The van der Waals surface area contributed by atoms with Crippen molar-refractivity contribution in [2.75, 3.05) is 39.6 Å². The fourth-order valence-electron chi connectivity index (χ4n) is 11.6. The van der Waals surface area contributed by atoms with Crippen molar-refractivity contribution >= 4 is 39.5 Å². The lowest BCUT2D eigenvalue weighted by molar-refractivity contribution is -0.161. The van der Waals surface area contributed by atoms with Crippen molar-refractivity contribution in [1.29, 1.82) is 0 Å². The molecule has 0 radical (unpaired) electrons. The number of phosphoric ester groups is 2. The Morgan fingerprint density at radius 2 is 0.471 bits per heavy atom. The van der Waals surface area contributed by atoms with E-state index in [1.165, 1.54) is 135 Å². The maximum absolute atomic E-state index is 13.1. The summed E-state index contributed by atoms with van der Waals surface area (Å²) in [5.74, 6) is -2.19. The topological polar surface area (TPSA) is 237 Å². The number of hydrogen-bond acceptors (Lipinski definition) is 15. The molecule has 0 aliphatic carbocycles. The van der Waals surface area contributed by atoms with Crippen LogP contribution in [-0.4, -0.2) is 96.7 Å². The standard InChI is InChI=1S/C85H154O17P2/c1-5-9-13-17-21-25-29-33-37-38-39-40-44-46-50-54-58-62-66-70-83(88)96-76-81(102-85(90)72-68-64-60-56-52-48-43-36-32-28-24-20-16-12-8-4)78-100-104(93,94)98-74-79(86)73-97-103(91,92)99-77-80(101-84(89)71-67-63-59-55-51-47-42-35-31-27-23-19-15-11-7-3)75-95-82(87)69-65-61-57-53-49-45-41-34-30-26-22-18-14-10-6-2/h21,25,33-37,39-43,79-81,86H,5-20,22-24,26-32,38,44-78H2,1-4H3,(H,91,92)(H,93,94)/b25-21-,37-33-,40-39-,41-34-,42-35-,43-36-. The second kappa shape index (κ2) is 77.7. The van der Waals surface area contributed by atoms with E-state index in [2.05, 4.69) is 101 Å². The Morgan fingerprint density at radius 1 is 0.269 bits per heavy atom. The van der Waals surface area contributed by atoms with Gasteiger partial charge in [0, 0.05) is 25.7 Å². The quantitative estimate of drug-likeness (QED) is 0.0169. The molecule has 5 atom stereocenters. The van der Waals surface area contributed by atoms with Crippen LogP contribution >= 0.6 is 15.6 Å². The summed E-state index contributed by atoms with van der Waals surface area (Å²) in [7, 11) is -9.96. The second-order valence-corrected chi connectivity index (χ2v) is 31.3. The fraction of sp³-hybridized carbons (Fsp3) is 0.812. The number of phosphoric acid groups is 2. The molecule has 17 nitrogen and oxygen atoms in total. The molecule has 5 unspecified atom stereocenters. The number of allylic oxidation sites excluding steroid dienone is 12. The van der Waals surface area contributed by atoms with Crippen molar-refractivity contribution in [3.05, 3.63) is 72.9 Å². The minimum Gasteiger partial charge on any atom is -0.462 e. The fourth-order valence-corrected chi connectivity index (χ4v) is 13.2. The highest BCUT2D eigenvalue weighted by Gasteiger charge is 2.30. The van der Waals surface area contributed by atoms with Crippen molar-refractivity contribution in [2.45, 2.75) is 406 Å². The van der Waals surface area contributed by atoms with E-state index < -0.39 is 97.5 Å². The molecule has 0 bridgehead atoms. The highest BCUT2D eigenvalue weighted by Crippen LogP contribution is 2.45. The Morgan fingerprint density at radius 3 is 0.750 bits per heavy atom. The Hall–Kier alpha value is -3.50. The van der Waals surface area contributed by atoms with Gasteiger partial charge in [-0.3, -0.25) is 37.3 Å². The lowest BCUT2D eigenvalue weighted by Crippen LogP contribution is -2.30. The van der Waals surface area contributed by atoms with Crippen LogP contribution in [0.5, 0.6) is 0 Å². The molecule has 0 spiro atoms. The first kappa shape index (κ1) is 100. The third-order valence-electron chi connectivity index (χ3n) is 18.1. The van der Waals surface area contributed by atoms with Gasteiger partial charge >= 0.3 is 39.5 Å². The Bertz CT molecular complexity index is 2250. The molecule has 0 saturated carbocycles. The normalized spacial score (nSPS) is 14.2. The molecule has 0 rings (SSSR count). The highest BCUT2D eigenvalue weighted by molar-refractivity contribution is 7.47. The molecule has 3 N–H and O–H groups in total. The van der Waals surface area contributed by atoms with Gasteiger partial charge in [-0.05, 0) is 141 Å². The van der Waals surface area contributed by atoms with Crippen LogP contribution in [0.25, 0.3) is 0 Å². The molecule has 0 aromatic heterocycles. The zero-order valence-electron chi connectivity index (χ0n) is 66.5. The number of aliphatic hydroxyl groups excluding tert-OH is 1. The van der Waals surface area contributed by atoms with Crippen LogP contribution in [-0.2, 0) is 65.4 Å². The van der Waals surface area contributed by atoms with Gasteiger partial charge in [0.25, 0.3) is 0 Å². The molecule has 0 fully saturated rings. The van der Waals surface area contributed by atoms with Crippen LogP contribution in [0.3, 0.4) is 0 Å². The monoisotopic (exact) mass is 1510 g/mol. The number of rotatable bonds is 80. The molecule has 0 aliphatic heterocycles. The summed E-state index contributed by atoms with van der Waals surface area (Å²) in [5, 5.41) is 10.7. The van der Waals surface area contributed by atoms with E-state index in [4.69, 9.17) is 37.0 Å². The van der Waals surface area contributed by atoms with Crippen LogP contribution in [0, 0.1) is 0 Å². The average Bonchev–Trinajstić information content (AvgIpc) is 0.918. The van der Waals surface area contributed by atoms with E-state index in [9.17, 15) is 43.2 Å². The van der Waals surface area contributed by atoms with E-state index in [-0.39, 0.29) is 25.7 Å². The largest absolute Gasteiger partial charge is 0.472 e.